The zero-order valence-corrected chi connectivity index (χ0v) is 14.6. The van der Waals surface area contributed by atoms with Crippen LogP contribution in [0.15, 0.2) is 24.3 Å². The number of nitro groups is 1. The Morgan fingerprint density at radius 2 is 2.04 bits per heavy atom. The van der Waals surface area contributed by atoms with Crippen LogP contribution in [0.25, 0.3) is 0 Å². The molecule has 0 unspecified atom stereocenters. The van der Waals surface area contributed by atoms with Gasteiger partial charge in [-0.15, -0.1) is 0 Å². The van der Waals surface area contributed by atoms with Gasteiger partial charge in [0.1, 0.15) is 0 Å². The highest BCUT2D eigenvalue weighted by atomic mass is 16.6. The van der Waals surface area contributed by atoms with Gasteiger partial charge in [-0.25, -0.2) is 0 Å². The third kappa shape index (κ3) is 3.94. The number of hydrogen-bond acceptors (Lipinski definition) is 5. The molecule has 0 saturated carbocycles. The van der Waals surface area contributed by atoms with E-state index >= 15 is 0 Å². The van der Waals surface area contributed by atoms with E-state index in [-0.39, 0.29) is 16.7 Å². The van der Waals surface area contributed by atoms with Gasteiger partial charge in [0.05, 0.1) is 17.6 Å². The van der Waals surface area contributed by atoms with Crippen molar-refractivity contribution in [2.24, 2.45) is 0 Å². The summed E-state index contributed by atoms with van der Waals surface area (Å²) in [6.45, 7) is 9.29. The fraction of sp³-hybridized carbons (Fsp3) is 0.667. The summed E-state index contributed by atoms with van der Waals surface area (Å²) >= 11 is 0. The first-order valence-electron chi connectivity index (χ1n) is 8.88. The van der Waals surface area contributed by atoms with E-state index in [1.807, 2.05) is 6.07 Å². The Kier molecular flexibility index (Phi) is 5.48. The second kappa shape index (κ2) is 7.59. The summed E-state index contributed by atoms with van der Waals surface area (Å²) in [7, 11) is 0. The molecule has 6 heteroatoms. The molecule has 0 amide bonds. The van der Waals surface area contributed by atoms with Crippen LogP contribution in [0, 0.1) is 10.1 Å². The first-order chi connectivity index (χ1) is 11.5. The molecule has 1 aromatic rings. The summed E-state index contributed by atoms with van der Waals surface area (Å²) in [5, 5.41) is 11.0. The van der Waals surface area contributed by atoms with Gasteiger partial charge in [-0.1, -0.05) is 12.1 Å². The molecule has 2 saturated heterocycles. The maximum atomic E-state index is 11.0. The van der Waals surface area contributed by atoms with Crippen LogP contribution >= 0.6 is 0 Å². The average Bonchev–Trinajstić information content (AvgIpc) is 2.61. The SMILES string of the molecule is C[C@H](c1cccc([N+](=O)[O-])c1)N1CCC(N2CCO[C@@H](C)C2)CC1. The van der Waals surface area contributed by atoms with Crippen LogP contribution in [0.2, 0.25) is 0 Å². The second-order valence-electron chi connectivity index (χ2n) is 6.97. The molecule has 2 atom stereocenters. The average molecular weight is 333 g/mol. The van der Waals surface area contributed by atoms with E-state index < -0.39 is 0 Å². The quantitative estimate of drug-likeness (QED) is 0.626. The monoisotopic (exact) mass is 333 g/mol. The predicted molar refractivity (Wildman–Crippen MR) is 93.1 cm³/mol. The zero-order valence-electron chi connectivity index (χ0n) is 14.6. The Labute approximate surface area is 143 Å². The van der Waals surface area contributed by atoms with Crippen molar-refractivity contribution in [1.29, 1.82) is 0 Å². The Balaban J connectivity index is 1.58. The standard InChI is InChI=1S/C18H27N3O3/c1-14-13-20(10-11-24-14)17-6-8-19(9-7-17)15(2)16-4-3-5-18(12-16)21(22)23/h3-5,12,14-15,17H,6-11,13H2,1-2H3/t14-,15+/m0/s1. The van der Waals surface area contributed by atoms with Gasteiger partial charge in [0.15, 0.2) is 0 Å². The number of benzene rings is 1. The fourth-order valence-electron chi connectivity index (χ4n) is 3.92. The van der Waals surface area contributed by atoms with E-state index in [0.29, 0.717) is 12.1 Å². The Morgan fingerprint density at radius 1 is 1.29 bits per heavy atom. The molecule has 2 aliphatic rings. The molecule has 0 aromatic heterocycles. The van der Waals surface area contributed by atoms with Crippen LogP contribution in [0.5, 0.6) is 0 Å². The summed E-state index contributed by atoms with van der Waals surface area (Å²) in [5.41, 5.74) is 1.21. The van der Waals surface area contributed by atoms with Gasteiger partial charge >= 0.3 is 0 Å². The number of likely N-dealkylation sites (tertiary alicyclic amines) is 1. The minimum absolute atomic E-state index is 0.177. The normalized spacial score (nSPS) is 25.5. The van der Waals surface area contributed by atoms with E-state index in [9.17, 15) is 10.1 Å². The molecule has 0 N–H and O–H groups in total. The number of hydrogen-bond donors (Lipinski definition) is 0. The number of morpholine rings is 1. The summed E-state index contributed by atoms with van der Waals surface area (Å²) < 4.78 is 5.64. The molecular weight excluding hydrogens is 306 g/mol. The number of ether oxygens (including phenoxy) is 1. The highest BCUT2D eigenvalue weighted by molar-refractivity contribution is 5.35. The van der Waals surface area contributed by atoms with Crippen molar-refractivity contribution in [3.05, 3.63) is 39.9 Å². The van der Waals surface area contributed by atoms with E-state index in [2.05, 4.69) is 23.6 Å². The Morgan fingerprint density at radius 3 is 2.71 bits per heavy atom. The smallest absolute Gasteiger partial charge is 0.269 e. The van der Waals surface area contributed by atoms with Crippen LogP contribution in [0.1, 0.15) is 38.3 Å². The Hall–Kier alpha value is -1.50. The largest absolute Gasteiger partial charge is 0.376 e. The molecule has 2 aliphatic heterocycles. The lowest BCUT2D eigenvalue weighted by molar-refractivity contribution is -0.385. The lowest BCUT2D eigenvalue weighted by atomic mass is 9.98. The molecule has 6 nitrogen and oxygen atoms in total. The third-order valence-electron chi connectivity index (χ3n) is 5.40. The van der Waals surface area contributed by atoms with Crippen molar-refractivity contribution < 1.29 is 9.66 Å². The molecule has 24 heavy (non-hydrogen) atoms. The number of piperidine rings is 1. The molecule has 2 heterocycles. The highest BCUT2D eigenvalue weighted by Crippen LogP contribution is 2.28. The maximum absolute atomic E-state index is 11.0. The fourth-order valence-corrected chi connectivity index (χ4v) is 3.92. The van der Waals surface area contributed by atoms with Gasteiger partial charge in [-0.05, 0) is 32.3 Å². The molecule has 0 bridgehead atoms. The van der Waals surface area contributed by atoms with Crippen molar-refractivity contribution in [2.75, 3.05) is 32.8 Å². The van der Waals surface area contributed by atoms with E-state index in [1.54, 1.807) is 18.2 Å². The topological polar surface area (TPSA) is 58.9 Å². The third-order valence-corrected chi connectivity index (χ3v) is 5.40. The zero-order chi connectivity index (χ0) is 17.1. The van der Waals surface area contributed by atoms with Gasteiger partial charge in [0, 0.05) is 50.4 Å². The number of nitro benzene ring substituents is 1. The van der Waals surface area contributed by atoms with Crippen LogP contribution < -0.4 is 0 Å². The summed E-state index contributed by atoms with van der Waals surface area (Å²) in [6.07, 6.45) is 2.65. The number of rotatable bonds is 4. The molecule has 2 fully saturated rings. The van der Waals surface area contributed by atoms with Gasteiger partial charge in [-0.2, -0.15) is 0 Å². The van der Waals surface area contributed by atoms with E-state index in [1.165, 1.54) is 0 Å². The lowest BCUT2D eigenvalue weighted by Crippen LogP contribution is -2.51. The number of nitrogens with zero attached hydrogens (tertiary/aromatic N) is 3. The van der Waals surface area contributed by atoms with Gasteiger partial charge in [0.25, 0.3) is 5.69 Å². The minimum atomic E-state index is -0.317. The highest BCUT2D eigenvalue weighted by Gasteiger charge is 2.29. The van der Waals surface area contributed by atoms with E-state index in [4.69, 9.17) is 4.74 Å². The molecule has 0 spiro atoms. The number of non-ortho nitro benzene ring substituents is 1. The lowest BCUT2D eigenvalue weighted by Gasteiger charge is -2.43. The first kappa shape index (κ1) is 17.3. The molecule has 0 radical (unpaired) electrons. The maximum Gasteiger partial charge on any atom is 0.269 e. The van der Waals surface area contributed by atoms with E-state index in [0.717, 1.165) is 51.2 Å². The summed E-state index contributed by atoms with van der Waals surface area (Å²) in [6, 6.07) is 7.90. The summed E-state index contributed by atoms with van der Waals surface area (Å²) in [4.78, 5) is 15.7. The van der Waals surface area contributed by atoms with Crippen molar-refractivity contribution in [3.8, 4) is 0 Å². The molecule has 3 rings (SSSR count). The van der Waals surface area contributed by atoms with Crippen LogP contribution in [-0.4, -0.2) is 59.7 Å². The van der Waals surface area contributed by atoms with Crippen molar-refractivity contribution in [3.63, 3.8) is 0 Å². The molecule has 0 aliphatic carbocycles. The molecule has 132 valence electrons. The summed E-state index contributed by atoms with van der Waals surface area (Å²) in [5.74, 6) is 0. The van der Waals surface area contributed by atoms with Crippen molar-refractivity contribution in [2.45, 2.75) is 44.9 Å². The van der Waals surface area contributed by atoms with Crippen LogP contribution in [0.3, 0.4) is 0 Å². The van der Waals surface area contributed by atoms with Gasteiger partial charge < -0.3 is 4.74 Å². The van der Waals surface area contributed by atoms with Gasteiger partial charge in [0.2, 0.25) is 0 Å². The van der Waals surface area contributed by atoms with Gasteiger partial charge in [-0.3, -0.25) is 19.9 Å². The van der Waals surface area contributed by atoms with Crippen molar-refractivity contribution in [1.82, 2.24) is 9.80 Å². The first-order valence-corrected chi connectivity index (χ1v) is 8.88. The minimum Gasteiger partial charge on any atom is -0.376 e. The molecular formula is C18H27N3O3. The second-order valence-corrected chi connectivity index (χ2v) is 6.97. The Bertz CT molecular complexity index is 572. The van der Waals surface area contributed by atoms with Crippen LogP contribution in [0.4, 0.5) is 5.69 Å². The molecule has 1 aromatic carbocycles. The van der Waals surface area contributed by atoms with Crippen molar-refractivity contribution >= 4 is 5.69 Å². The predicted octanol–water partition coefficient (Wildman–Crippen LogP) is 2.84. The van der Waals surface area contributed by atoms with Crippen LogP contribution in [-0.2, 0) is 4.74 Å².